The first-order valence-corrected chi connectivity index (χ1v) is 10.2. The van der Waals surface area contributed by atoms with Crippen molar-refractivity contribution in [3.8, 4) is 5.75 Å². The Labute approximate surface area is 166 Å². The lowest BCUT2D eigenvalue weighted by Gasteiger charge is -2.34. The number of carbonyl (C=O) groups is 1. The Bertz CT molecular complexity index is 1000. The third-order valence-corrected chi connectivity index (χ3v) is 6.56. The molecule has 1 amide bonds. The van der Waals surface area contributed by atoms with Crippen molar-refractivity contribution in [2.75, 3.05) is 33.3 Å². The van der Waals surface area contributed by atoms with Crippen LogP contribution in [-0.2, 0) is 16.2 Å². The summed E-state index contributed by atoms with van der Waals surface area (Å²) >= 11 is 0. The van der Waals surface area contributed by atoms with Gasteiger partial charge in [-0.05, 0) is 30.3 Å². The van der Waals surface area contributed by atoms with E-state index in [1.807, 2.05) is 0 Å². The second-order valence-electron chi connectivity index (χ2n) is 6.42. The maximum absolute atomic E-state index is 12.9. The molecule has 1 saturated heterocycles. The Hall–Kier alpha value is -2.59. The molecule has 1 aliphatic rings. The molecule has 0 aliphatic carbocycles. The standard InChI is InChI=1S/C19H19F3N2O4S/c1-28-17-8-3-2-7-16(17)18(25)23-9-11-24(12-10-23)29(26,27)15-6-4-5-14(13-15)19(20,21)22/h2-8,13H,9-12H2,1H3. The Morgan fingerprint density at radius 2 is 1.66 bits per heavy atom. The zero-order valence-corrected chi connectivity index (χ0v) is 16.3. The SMILES string of the molecule is COc1ccccc1C(=O)N1CCN(S(=O)(=O)c2cccc(C(F)(F)F)c2)CC1. The minimum absolute atomic E-state index is 0.0144. The van der Waals surface area contributed by atoms with Crippen molar-refractivity contribution < 1.29 is 31.1 Å². The van der Waals surface area contributed by atoms with Crippen molar-refractivity contribution in [2.45, 2.75) is 11.1 Å². The summed E-state index contributed by atoms with van der Waals surface area (Å²) in [6, 6.07) is 10.4. The van der Waals surface area contributed by atoms with Crippen LogP contribution in [-0.4, -0.2) is 56.8 Å². The maximum Gasteiger partial charge on any atom is 0.416 e. The molecule has 0 bridgehead atoms. The largest absolute Gasteiger partial charge is 0.496 e. The van der Waals surface area contributed by atoms with Gasteiger partial charge in [0.05, 0.1) is 23.1 Å². The highest BCUT2D eigenvalue weighted by Crippen LogP contribution is 2.31. The molecule has 0 saturated carbocycles. The van der Waals surface area contributed by atoms with E-state index in [0.29, 0.717) is 17.4 Å². The van der Waals surface area contributed by atoms with Crippen LogP contribution in [0.15, 0.2) is 53.4 Å². The lowest BCUT2D eigenvalue weighted by molar-refractivity contribution is -0.137. The van der Waals surface area contributed by atoms with E-state index in [9.17, 15) is 26.4 Å². The third-order valence-electron chi connectivity index (χ3n) is 4.66. The number of hydrogen-bond acceptors (Lipinski definition) is 4. The van der Waals surface area contributed by atoms with Crippen molar-refractivity contribution >= 4 is 15.9 Å². The molecule has 1 heterocycles. The molecule has 10 heteroatoms. The monoisotopic (exact) mass is 428 g/mol. The predicted molar refractivity (Wildman–Crippen MR) is 99.1 cm³/mol. The van der Waals surface area contributed by atoms with E-state index in [1.54, 1.807) is 24.3 Å². The van der Waals surface area contributed by atoms with Crippen molar-refractivity contribution in [1.29, 1.82) is 0 Å². The fourth-order valence-electron chi connectivity index (χ4n) is 3.11. The van der Waals surface area contributed by atoms with Crippen LogP contribution in [0, 0.1) is 0 Å². The maximum atomic E-state index is 12.9. The van der Waals surface area contributed by atoms with Crippen LogP contribution in [0.25, 0.3) is 0 Å². The number of ether oxygens (including phenoxy) is 1. The Morgan fingerprint density at radius 1 is 1.00 bits per heavy atom. The molecule has 1 aliphatic heterocycles. The highest BCUT2D eigenvalue weighted by molar-refractivity contribution is 7.89. The normalized spacial score (nSPS) is 15.9. The summed E-state index contributed by atoms with van der Waals surface area (Å²) in [5, 5.41) is 0. The Kier molecular flexibility index (Phi) is 5.85. The molecule has 0 spiro atoms. The zero-order chi connectivity index (χ0) is 21.2. The fraction of sp³-hybridized carbons (Fsp3) is 0.316. The fourth-order valence-corrected chi connectivity index (χ4v) is 4.57. The number of methoxy groups -OCH3 is 1. The summed E-state index contributed by atoms with van der Waals surface area (Å²) in [5.74, 6) is 0.120. The minimum atomic E-state index is -4.63. The van der Waals surface area contributed by atoms with E-state index in [1.165, 1.54) is 12.0 Å². The molecule has 2 aromatic carbocycles. The van der Waals surface area contributed by atoms with Crippen LogP contribution in [0.5, 0.6) is 5.75 Å². The van der Waals surface area contributed by atoms with Crippen LogP contribution in [0.3, 0.4) is 0 Å². The van der Waals surface area contributed by atoms with Gasteiger partial charge in [0, 0.05) is 26.2 Å². The summed E-state index contributed by atoms with van der Waals surface area (Å²) in [4.78, 5) is 13.8. The second-order valence-corrected chi connectivity index (χ2v) is 8.36. The number of piperazine rings is 1. The molecule has 0 unspecified atom stereocenters. The van der Waals surface area contributed by atoms with Gasteiger partial charge in [-0.3, -0.25) is 4.79 Å². The summed E-state index contributed by atoms with van der Waals surface area (Å²) in [5.41, 5.74) is -0.659. The molecule has 3 rings (SSSR count). The number of benzene rings is 2. The molecule has 0 aromatic heterocycles. The lowest BCUT2D eigenvalue weighted by Crippen LogP contribution is -2.50. The van der Waals surface area contributed by atoms with Crippen molar-refractivity contribution in [3.05, 3.63) is 59.7 Å². The van der Waals surface area contributed by atoms with E-state index >= 15 is 0 Å². The lowest BCUT2D eigenvalue weighted by atomic mass is 10.1. The second kappa shape index (κ2) is 8.03. The van der Waals surface area contributed by atoms with Crippen molar-refractivity contribution in [1.82, 2.24) is 9.21 Å². The van der Waals surface area contributed by atoms with Gasteiger partial charge in [0.25, 0.3) is 5.91 Å². The number of para-hydroxylation sites is 1. The van der Waals surface area contributed by atoms with E-state index in [2.05, 4.69) is 0 Å². The van der Waals surface area contributed by atoms with Crippen molar-refractivity contribution in [2.24, 2.45) is 0 Å². The van der Waals surface area contributed by atoms with E-state index < -0.39 is 26.7 Å². The van der Waals surface area contributed by atoms with Crippen molar-refractivity contribution in [3.63, 3.8) is 0 Å². The summed E-state index contributed by atoms with van der Waals surface area (Å²) in [6.07, 6.45) is -4.63. The number of halogens is 3. The minimum Gasteiger partial charge on any atom is -0.496 e. The number of carbonyl (C=O) groups excluding carboxylic acids is 1. The molecule has 2 aromatic rings. The molecule has 0 atom stereocenters. The van der Waals surface area contributed by atoms with Gasteiger partial charge >= 0.3 is 6.18 Å². The molecule has 0 radical (unpaired) electrons. The van der Waals surface area contributed by atoms with Gasteiger partial charge in [0.2, 0.25) is 10.0 Å². The topological polar surface area (TPSA) is 66.9 Å². The molecule has 0 N–H and O–H groups in total. The highest BCUT2D eigenvalue weighted by Gasteiger charge is 2.34. The highest BCUT2D eigenvalue weighted by atomic mass is 32.2. The number of sulfonamides is 1. The average Bonchev–Trinajstić information content (AvgIpc) is 2.72. The zero-order valence-electron chi connectivity index (χ0n) is 15.5. The van der Waals surface area contributed by atoms with Gasteiger partial charge in [-0.2, -0.15) is 17.5 Å². The summed E-state index contributed by atoms with van der Waals surface area (Å²) in [6.45, 7) is 0.211. The number of alkyl halides is 3. The molecule has 156 valence electrons. The van der Waals surface area contributed by atoms with Crippen LogP contribution in [0.4, 0.5) is 13.2 Å². The van der Waals surface area contributed by atoms with Gasteiger partial charge in [-0.15, -0.1) is 0 Å². The number of rotatable bonds is 4. The third kappa shape index (κ3) is 4.38. The van der Waals surface area contributed by atoms with Gasteiger partial charge < -0.3 is 9.64 Å². The van der Waals surface area contributed by atoms with Gasteiger partial charge in [-0.1, -0.05) is 18.2 Å². The summed E-state index contributed by atoms with van der Waals surface area (Å²) in [7, 11) is -2.65. The van der Waals surface area contributed by atoms with Crippen LogP contribution in [0.1, 0.15) is 15.9 Å². The molecule has 1 fully saturated rings. The average molecular weight is 428 g/mol. The Balaban J connectivity index is 1.74. The van der Waals surface area contributed by atoms with Crippen LogP contribution >= 0.6 is 0 Å². The smallest absolute Gasteiger partial charge is 0.416 e. The van der Waals surface area contributed by atoms with E-state index in [-0.39, 0.29) is 32.1 Å². The van der Waals surface area contributed by atoms with Gasteiger partial charge in [0.15, 0.2) is 0 Å². The summed E-state index contributed by atoms with van der Waals surface area (Å²) < 4.78 is 70.5. The number of amides is 1. The molecule has 6 nitrogen and oxygen atoms in total. The first-order chi connectivity index (χ1) is 13.6. The predicted octanol–water partition coefficient (Wildman–Crippen LogP) is 2.86. The van der Waals surface area contributed by atoms with Gasteiger partial charge in [0.1, 0.15) is 5.75 Å². The van der Waals surface area contributed by atoms with Crippen LogP contribution < -0.4 is 4.74 Å². The van der Waals surface area contributed by atoms with Gasteiger partial charge in [-0.25, -0.2) is 8.42 Å². The number of nitrogens with zero attached hydrogens (tertiary/aromatic N) is 2. The first-order valence-electron chi connectivity index (χ1n) is 8.74. The number of hydrogen-bond donors (Lipinski definition) is 0. The molecular formula is C19H19F3N2O4S. The molecule has 29 heavy (non-hydrogen) atoms. The Morgan fingerprint density at radius 3 is 2.28 bits per heavy atom. The molecular weight excluding hydrogens is 409 g/mol. The first kappa shape index (κ1) is 21.1. The van der Waals surface area contributed by atoms with E-state index in [0.717, 1.165) is 22.5 Å². The van der Waals surface area contributed by atoms with Crippen LogP contribution in [0.2, 0.25) is 0 Å². The van der Waals surface area contributed by atoms with E-state index in [4.69, 9.17) is 4.74 Å². The quantitative estimate of drug-likeness (QED) is 0.751.